The number of rotatable bonds is 3. The predicted molar refractivity (Wildman–Crippen MR) is 180 cm³/mol. The smallest absolute Gasteiger partial charge is 0.228 e. The number of aryl methyl sites for hydroxylation is 2. The molecule has 0 atom stereocenters. The minimum atomic E-state index is -1.46. The Hall–Kier alpha value is -3.17. The van der Waals surface area contributed by atoms with Crippen molar-refractivity contribution in [1.82, 2.24) is 0 Å². The summed E-state index contributed by atoms with van der Waals surface area (Å²) in [5.41, 5.74) is 6.93. The molecule has 2 nitrogen and oxygen atoms in total. The van der Waals surface area contributed by atoms with Crippen molar-refractivity contribution in [3.05, 3.63) is 71.4 Å². The van der Waals surface area contributed by atoms with Gasteiger partial charge in [0.2, 0.25) is 5.69 Å². The van der Waals surface area contributed by atoms with E-state index in [4.69, 9.17) is 4.74 Å². The Morgan fingerprint density at radius 1 is 0.756 bits per heavy atom. The van der Waals surface area contributed by atoms with E-state index in [0.29, 0.717) is 0 Å². The number of pyridine rings is 1. The summed E-state index contributed by atoms with van der Waals surface area (Å²) < 4.78 is 9.40. The highest BCUT2D eigenvalue weighted by molar-refractivity contribution is 6.88. The summed E-state index contributed by atoms with van der Waals surface area (Å²) in [4.78, 5) is 0. The SMILES string of the molecule is Cc1c2c(c(CC(C)(C)C)c3ccc(CC(C)(C)C)cc13)Oc1cc3ccc([Si](C)(C)C)cc3c3cc[n+](C)c-2c13. The summed E-state index contributed by atoms with van der Waals surface area (Å²) in [6.07, 6.45) is 4.26. The van der Waals surface area contributed by atoms with Crippen molar-refractivity contribution in [2.24, 2.45) is 17.9 Å². The zero-order valence-corrected chi connectivity index (χ0v) is 28.0. The monoisotopic (exact) mass is 560 g/mol. The molecule has 6 rings (SSSR count). The number of nitrogens with zero attached hydrogens (tertiary/aromatic N) is 1. The topological polar surface area (TPSA) is 13.1 Å². The van der Waals surface area contributed by atoms with Crippen LogP contribution in [0.15, 0.2) is 54.7 Å². The van der Waals surface area contributed by atoms with Crippen LogP contribution >= 0.6 is 0 Å². The minimum Gasteiger partial charge on any atom is -0.455 e. The number of benzene rings is 4. The van der Waals surface area contributed by atoms with E-state index in [1.807, 2.05) is 0 Å². The quantitative estimate of drug-likeness (QED) is 0.119. The van der Waals surface area contributed by atoms with E-state index in [0.717, 1.165) is 24.3 Å². The molecule has 0 N–H and O–H groups in total. The second kappa shape index (κ2) is 9.16. The van der Waals surface area contributed by atoms with Gasteiger partial charge in [-0.3, -0.25) is 0 Å². The van der Waals surface area contributed by atoms with Gasteiger partial charge in [-0.1, -0.05) is 103 Å². The van der Waals surface area contributed by atoms with Crippen LogP contribution in [0, 0.1) is 17.8 Å². The van der Waals surface area contributed by atoms with Gasteiger partial charge in [0.1, 0.15) is 18.5 Å². The number of hydrogen-bond donors (Lipinski definition) is 0. The first-order chi connectivity index (χ1) is 19.0. The highest BCUT2D eigenvalue weighted by atomic mass is 28.3. The van der Waals surface area contributed by atoms with Gasteiger partial charge in [-0.05, 0) is 69.3 Å². The normalized spacial score (nSPS) is 13.6. The van der Waals surface area contributed by atoms with Crippen LogP contribution in [-0.4, -0.2) is 8.07 Å². The van der Waals surface area contributed by atoms with Crippen LogP contribution in [0.3, 0.4) is 0 Å². The Bertz CT molecular complexity index is 1880. The van der Waals surface area contributed by atoms with Gasteiger partial charge < -0.3 is 4.74 Å². The minimum absolute atomic E-state index is 0.120. The fourth-order valence-electron chi connectivity index (χ4n) is 6.78. The summed E-state index contributed by atoms with van der Waals surface area (Å²) in [5.74, 6) is 2.02. The molecule has 0 aliphatic carbocycles. The van der Waals surface area contributed by atoms with Crippen LogP contribution in [0.1, 0.15) is 58.2 Å². The van der Waals surface area contributed by atoms with Crippen molar-refractivity contribution in [1.29, 1.82) is 0 Å². The van der Waals surface area contributed by atoms with Gasteiger partial charge in [-0.2, -0.15) is 0 Å². The third-order valence-corrected chi connectivity index (χ3v) is 10.7. The molecule has 0 saturated carbocycles. The Balaban J connectivity index is 1.73. The lowest BCUT2D eigenvalue weighted by Crippen LogP contribution is -2.37. The number of fused-ring (bicyclic) bond motifs is 5. The second-order valence-corrected chi connectivity index (χ2v) is 21.0. The average molecular weight is 561 g/mol. The van der Waals surface area contributed by atoms with Crippen molar-refractivity contribution in [3.63, 3.8) is 0 Å². The van der Waals surface area contributed by atoms with E-state index in [1.54, 1.807) is 0 Å². The van der Waals surface area contributed by atoms with Crippen LogP contribution in [-0.2, 0) is 19.9 Å². The highest BCUT2D eigenvalue weighted by Crippen LogP contribution is 2.52. The fourth-order valence-corrected chi connectivity index (χ4v) is 7.94. The van der Waals surface area contributed by atoms with Gasteiger partial charge in [0.05, 0.1) is 19.0 Å². The van der Waals surface area contributed by atoms with Crippen molar-refractivity contribution in [2.75, 3.05) is 0 Å². The van der Waals surface area contributed by atoms with E-state index in [9.17, 15) is 0 Å². The summed E-state index contributed by atoms with van der Waals surface area (Å²) in [7, 11) is 0.737. The van der Waals surface area contributed by atoms with Gasteiger partial charge in [0.15, 0.2) is 6.20 Å². The molecule has 5 aromatic rings. The first-order valence-electron chi connectivity index (χ1n) is 15.2. The predicted octanol–water partition coefficient (Wildman–Crippen LogP) is 9.77. The summed E-state index contributed by atoms with van der Waals surface area (Å²) in [6.45, 7) is 23.6. The maximum absolute atomic E-state index is 7.08. The van der Waals surface area contributed by atoms with Crippen LogP contribution in [0.2, 0.25) is 19.6 Å². The molecule has 1 aliphatic heterocycles. The zero-order valence-electron chi connectivity index (χ0n) is 27.0. The van der Waals surface area contributed by atoms with Crippen molar-refractivity contribution in [2.45, 2.75) is 80.9 Å². The van der Waals surface area contributed by atoms with Gasteiger partial charge in [0, 0.05) is 17.0 Å². The lowest BCUT2D eigenvalue weighted by atomic mass is 9.80. The molecule has 3 heteroatoms. The van der Waals surface area contributed by atoms with E-state index >= 15 is 0 Å². The molecule has 0 bridgehead atoms. The van der Waals surface area contributed by atoms with Gasteiger partial charge in [-0.15, -0.1) is 0 Å². The molecule has 0 saturated heterocycles. The molecule has 1 aliphatic rings. The molecule has 4 aromatic carbocycles. The van der Waals surface area contributed by atoms with Crippen LogP contribution in [0.5, 0.6) is 11.5 Å². The number of ether oxygens (including phenoxy) is 1. The third kappa shape index (κ3) is 4.86. The van der Waals surface area contributed by atoms with Gasteiger partial charge in [0.25, 0.3) is 0 Å². The van der Waals surface area contributed by atoms with Crippen LogP contribution in [0.25, 0.3) is 43.6 Å². The third-order valence-electron chi connectivity index (χ3n) is 8.65. The molecule has 0 unspecified atom stereocenters. The van der Waals surface area contributed by atoms with Crippen molar-refractivity contribution in [3.8, 4) is 22.8 Å². The largest absolute Gasteiger partial charge is 0.455 e. The molecule has 212 valence electrons. The summed E-state index contributed by atoms with van der Waals surface area (Å²) in [6, 6.07) is 18.8. The Morgan fingerprint density at radius 3 is 2.12 bits per heavy atom. The van der Waals surface area contributed by atoms with E-state index < -0.39 is 8.07 Å². The molecule has 2 heterocycles. The molecule has 0 fully saturated rings. The molecule has 0 amide bonds. The zero-order chi connectivity index (χ0) is 29.6. The lowest BCUT2D eigenvalue weighted by Gasteiger charge is -2.29. The van der Waals surface area contributed by atoms with Crippen LogP contribution in [0.4, 0.5) is 0 Å². The van der Waals surface area contributed by atoms with E-state index in [-0.39, 0.29) is 10.8 Å². The molecule has 1 aromatic heterocycles. The van der Waals surface area contributed by atoms with Crippen molar-refractivity contribution >= 4 is 45.6 Å². The van der Waals surface area contributed by atoms with Crippen molar-refractivity contribution < 1.29 is 9.30 Å². The standard InChI is InChI=1S/C38H46NOSi/c1-23-29-18-24(21-37(2,3)4)12-15-27(29)31(22-38(5,6)7)36-33(23)35-34-28(16-17-39(35)8)30-20-26(41(9,10)11)14-13-25(30)19-32(34)40-36/h12-20H,21-22H2,1-11H3/q+1. The maximum Gasteiger partial charge on any atom is 0.228 e. The average Bonchev–Trinajstić information content (AvgIpc) is 2.85. The second-order valence-electron chi connectivity index (χ2n) is 15.9. The number of aromatic nitrogens is 1. The van der Waals surface area contributed by atoms with Gasteiger partial charge >= 0.3 is 0 Å². The van der Waals surface area contributed by atoms with Gasteiger partial charge in [-0.25, -0.2) is 4.57 Å². The Kier molecular flexibility index (Phi) is 6.25. The lowest BCUT2D eigenvalue weighted by molar-refractivity contribution is -0.659. The first-order valence-corrected chi connectivity index (χ1v) is 18.7. The summed E-state index contributed by atoms with van der Waals surface area (Å²) in [5, 5.41) is 9.28. The first kappa shape index (κ1) is 28.0. The highest BCUT2D eigenvalue weighted by Gasteiger charge is 2.34. The van der Waals surface area contributed by atoms with Crippen LogP contribution < -0.4 is 14.5 Å². The van der Waals surface area contributed by atoms with E-state index in [1.165, 1.54) is 65.5 Å². The molecule has 0 radical (unpaired) electrons. The fraction of sp³-hybridized carbons (Fsp3) is 0.395. The summed E-state index contributed by atoms with van der Waals surface area (Å²) >= 11 is 0. The Labute approximate surface area is 247 Å². The molecular weight excluding hydrogens is 515 g/mol. The molecule has 41 heavy (non-hydrogen) atoms. The molecular formula is C38H46NOSi+. The molecule has 0 spiro atoms. The Morgan fingerprint density at radius 2 is 1.46 bits per heavy atom. The maximum atomic E-state index is 7.08. The number of hydrogen-bond acceptors (Lipinski definition) is 1. The van der Waals surface area contributed by atoms with E-state index in [2.05, 4.69) is 134 Å².